The van der Waals surface area contributed by atoms with E-state index in [9.17, 15) is 4.79 Å². The van der Waals surface area contributed by atoms with Gasteiger partial charge in [0.15, 0.2) is 0 Å². The Bertz CT molecular complexity index is 693. The number of nitrogens with one attached hydrogen (secondary N) is 1. The van der Waals surface area contributed by atoms with Crippen molar-refractivity contribution < 1.29 is 4.79 Å². The molecule has 2 aromatic rings. The first-order valence-electron chi connectivity index (χ1n) is 7.56. The zero-order chi connectivity index (χ0) is 15.7. The van der Waals surface area contributed by atoms with Gasteiger partial charge in [-0.25, -0.2) is 0 Å². The molecule has 116 valence electrons. The molecule has 0 radical (unpaired) electrons. The molecule has 0 aliphatic carbocycles. The summed E-state index contributed by atoms with van der Waals surface area (Å²) in [7, 11) is 0. The molecule has 2 heterocycles. The summed E-state index contributed by atoms with van der Waals surface area (Å²) in [6, 6.07) is 10.3. The second-order valence-electron chi connectivity index (χ2n) is 5.81. The largest absolute Gasteiger partial charge is 0.340 e. The van der Waals surface area contributed by atoms with Gasteiger partial charge in [-0.05, 0) is 47.5 Å². The molecule has 5 heteroatoms. The van der Waals surface area contributed by atoms with Crippen molar-refractivity contribution in [3.63, 3.8) is 0 Å². The van der Waals surface area contributed by atoms with Crippen molar-refractivity contribution in [3.05, 3.63) is 52.3 Å². The van der Waals surface area contributed by atoms with Crippen LogP contribution in [0.3, 0.4) is 0 Å². The third-order valence-corrected chi connectivity index (χ3v) is 4.38. The molecule has 0 spiro atoms. The molecule has 0 fully saturated rings. The maximum Gasteiger partial charge on any atom is 0.274 e. The zero-order valence-corrected chi connectivity index (χ0v) is 14.4. The number of hydrogen-bond acceptors (Lipinski definition) is 2. The number of rotatable bonds is 2. The van der Waals surface area contributed by atoms with Gasteiger partial charge in [-0.3, -0.25) is 4.79 Å². The summed E-state index contributed by atoms with van der Waals surface area (Å²) in [6.45, 7) is 6.44. The first kappa shape index (κ1) is 15.3. The number of carbonyl (C=O) groups excluding carboxylic acids is 1. The predicted molar refractivity (Wildman–Crippen MR) is 92.3 cm³/mol. The third kappa shape index (κ3) is 2.83. The highest BCUT2D eigenvalue weighted by atomic mass is 79.9. The molecule has 0 bridgehead atoms. The number of nitrogens with zero attached hydrogens (tertiary/aromatic N) is 2. The molecule has 22 heavy (non-hydrogen) atoms. The summed E-state index contributed by atoms with van der Waals surface area (Å²) in [5.74, 6) is 0.0514. The molecular weight excluding hydrogens is 342 g/mol. The van der Waals surface area contributed by atoms with Crippen LogP contribution in [0.15, 0.2) is 41.0 Å². The Morgan fingerprint density at radius 2 is 2.09 bits per heavy atom. The minimum atomic E-state index is 0.0514. The molecule has 0 atom stereocenters. The SMILES string of the molecule is CC(C)n1cc(Br)cc1C(=O)N1CCNCc2ccccc21. The fraction of sp³-hybridized carbons (Fsp3) is 0.353. The normalized spacial score (nSPS) is 14.8. The van der Waals surface area contributed by atoms with Gasteiger partial charge in [0.2, 0.25) is 0 Å². The molecule has 0 unspecified atom stereocenters. The Kier molecular flexibility index (Phi) is 4.36. The van der Waals surface area contributed by atoms with Crippen molar-refractivity contribution in [2.24, 2.45) is 0 Å². The second kappa shape index (κ2) is 6.26. The molecule has 1 aromatic heterocycles. The number of carbonyl (C=O) groups is 1. The Morgan fingerprint density at radius 1 is 1.32 bits per heavy atom. The fourth-order valence-electron chi connectivity index (χ4n) is 2.85. The summed E-state index contributed by atoms with van der Waals surface area (Å²) in [4.78, 5) is 15.0. The lowest BCUT2D eigenvalue weighted by atomic mass is 10.1. The molecular formula is C17H20BrN3O. The molecule has 1 aliphatic heterocycles. The maximum absolute atomic E-state index is 13.1. The van der Waals surface area contributed by atoms with Crippen molar-refractivity contribution in [1.82, 2.24) is 9.88 Å². The van der Waals surface area contributed by atoms with E-state index in [1.165, 1.54) is 0 Å². The van der Waals surface area contributed by atoms with E-state index in [1.807, 2.05) is 39.9 Å². The number of hydrogen-bond donors (Lipinski definition) is 1. The summed E-state index contributed by atoms with van der Waals surface area (Å²) < 4.78 is 2.96. The summed E-state index contributed by atoms with van der Waals surface area (Å²) in [5.41, 5.74) is 2.89. The van der Waals surface area contributed by atoms with Crippen LogP contribution in [-0.4, -0.2) is 23.6 Å². The number of halogens is 1. The van der Waals surface area contributed by atoms with Crippen LogP contribution in [0.2, 0.25) is 0 Å². The lowest BCUT2D eigenvalue weighted by Gasteiger charge is -2.24. The molecule has 0 saturated carbocycles. The van der Waals surface area contributed by atoms with Gasteiger partial charge in [-0.1, -0.05) is 18.2 Å². The number of amides is 1. The smallest absolute Gasteiger partial charge is 0.274 e. The molecule has 1 amide bonds. The van der Waals surface area contributed by atoms with Gasteiger partial charge < -0.3 is 14.8 Å². The summed E-state index contributed by atoms with van der Waals surface area (Å²) in [6.07, 6.45) is 1.97. The van der Waals surface area contributed by atoms with Crippen LogP contribution in [0.1, 0.15) is 35.9 Å². The van der Waals surface area contributed by atoms with Gasteiger partial charge in [0.25, 0.3) is 5.91 Å². The molecule has 3 rings (SSSR count). The predicted octanol–water partition coefficient (Wildman–Crippen LogP) is 3.58. The minimum absolute atomic E-state index is 0.0514. The van der Waals surface area contributed by atoms with E-state index in [-0.39, 0.29) is 11.9 Å². The number of anilines is 1. The van der Waals surface area contributed by atoms with E-state index in [4.69, 9.17) is 0 Å². The highest BCUT2D eigenvalue weighted by Gasteiger charge is 2.25. The number of benzene rings is 1. The van der Waals surface area contributed by atoms with E-state index >= 15 is 0 Å². The second-order valence-corrected chi connectivity index (χ2v) is 6.72. The highest BCUT2D eigenvalue weighted by Crippen LogP contribution is 2.26. The van der Waals surface area contributed by atoms with Gasteiger partial charge in [0.1, 0.15) is 5.69 Å². The van der Waals surface area contributed by atoms with Crippen LogP contribution in [0.5, 0.6) is 0 Å². The first-order chi connectivity index (χ1) is 10.6. The van der Waals surface area contributed by atoms with Crippen molar-refractivity contribution in [2.45, 2.75) is 26.4 Å². The highest BCUT2D eigenvalue weighted by molar-refractivity contribution is 9.10. The van der Waals surface area contributed by atoms with Crippen LogP contribution in [0.25, 0.3) is 0 Å². The van der Waals surface area contributed by atoms with E-state index in [2.05, 4.69) is 41.2 Å². The average Bonchev–Trinajstić information content (AvgIpc) is 2.77. The van der Waals surface area contributed by atoms with Crippen LogP contribution in [0, 0.1) is 0 Å². The molecule has 1 N–H and O–H groups in total. The van der Waals surface area contributed by atoms with Crippen molar-refractivity contribution in [2.75, 3.05) is 18.0 Å². The number of fused-ring (bicyclic) bond motifs is 1. The van der Waals surface area contributed by atoms with Gasteiger partial charge in [0.05, 0.1) is 0 Å². The van der Waals surface area contributed by atoms with Crippen molar-refractivity contribution in [3.8, 4) is 0 Å². The number of para-hydroxylation sites is 1. The molecule has 4 nitrogen and oxygen atoms in total. The maximum atomic E-state index is 13.1. The van der Waals surface area contributed by atoms with Gasteiger partial charge in [-0.2, -0.15) is 0 Å². The van der Waals surface area contributed by atoms with Gasteiger partial charge in [-0.15, -0.1) is 0 Å². The Hall–Kier alpha value is -1.59. The number of aromatic nitrogens is 1. The third-order valence-electron chi connectivity index (χ3n) is 3.95. The first-order valence-corrected chi connectivity index (χ1v) is 8.35. The van der Waals surface area contributed by atoms with E-state index in [0.29, 0.717) is 6.54 Å². The average molecular weight is 362 g/mol. The van der Waals surface area contributed by atoms with Gasteiger partial charge in [0, 0.05) is 42.0 Å². The minimum Gasteiger partial charge on any atom is -0.340 e. The van der Waals surface area contributed by atoms with Crippen molar-refractivity contribution >= 4 is 27.5 Å². The van der Waals surface area contributed by atoms with Gasteiger partial charge >= 0.3 is 0 Å². The molecule has 1 aromatic carbocycles. The summed E-state index contributed by atoms with van der Waals surface area (Å²) >= 11 is 3.49. The Morgan fingerprint density at radius 3 is 2.86 bits per heavy atom. The van der Waals surface area contributed by atoms with Crippen LogP contribution >= 0.6 is 15.9 Å². The lowest BCUT2D eigenvalue weighted by Crippen LogP contribution is -2.36. The molecule has 0 saturated heterocycles. The quantitative estimate of drug-likeness (QED) is 0.887. The van der Waals surface area contributed by atoms with E-state index < -0.39 is 0 Å². The molecule has 1 aliphatic rings. The Labute approximate surface area is 139 Å². The standard InChI is InChI=1S/C17H20BrN3O/c1-12(2)21-11-14(18)9-16(21)17(22)20-8-7-19-10-13-5-3-4-6-15(13)20/h3-6,9,11-12,19H,7-8,10H2,1-2H3. The topological polar surface area (TPSA) is 37.3 Å². The Balaban J connectivity index is 2.02. The van der Waals surface area contributed by atoms with Crippen LogP contribution in [-0.2, 0) is 6.54 Å². The monoisotopic (exact) mass is 361 g/mol. The van der Waals surface area contributed by atoms with E-state index in [1.54, 1.807) is 0 Å². The lowest BCUT2D eigenvalue weighted by molar-refractivity contribution is 0.0977. The van der Waals surface area contributed by atoms with Crippen molar-refractivity contribution in [1.29, 1.82) is 0 Å². The zero-order valence-electron chi connectivity index (χ0n) is 12.8. The fourth-order valence-corrected chi connectivity index (χ4v) is 3.29. The van der Waals surface area contributed by atoms with Crippen LogP contribution in [0.4, 0.5) is 5.69 Å². The van der Waals surface area contributed by atoms with Crippen LogP contribution < -0.4 is 10.2 Å². The summed E-state index contributed by atoms with van der Waals surface area (Å²) in [5, 5.41) is 3.37. The van der Waals surface area contributed by atoms with E-state index in [0.717, 1.165) is 34.5 Å².